The molecule has 0 spiro atoms. The minimum Gasteiger partial charge on any atom is -0.263 e. The van der Waals surface area contributed by atoms with Crippen LogP contribution in [0.4, 0.5) is 10.1 Å². The van der Waals surface area contributed by atoms with E-state index >= 15 is 0 Å². The third-order valence-electron chi connectivity index (χ3n) is 4.83. The van der Waals surface area contributed by atoms with Gasteiger partial charge in [-0.2, -0.15) is 0 Å². The van der Waals surface area contributed by atoms with Gasteiger partial charge in [0.25, 0.3) is 10.0 Å². The molecule has 2 aromatic carbocycles. The summed E-state index contributed by atoms with van der Waals surface area (Å²) in [5.41, 5.74) is 2.68. The molecule has 7 nitrogen and oxygen atoms in total. The zero-order chi connectivity index (χ0) is 19.2. The molecule has 1 aromatic heterocycles. The first-order chi connectivity index (χ1) is 12.9. The van der Waals surface area contributed by atoms with E-state index in [4.69, 9.17) is 0 Å². The van der Waals surface area contributed by atoms with Crippen molar-refractivity contribution >= 4 is 15.7 Å². The second-order valence-electron chi connectivity index (χ2n) is 6.66. The van der Waals surface area contributed by atoms with E-state index in [1.54, 1.807) is 31.2 Å². The summed E-state index contributed by atoms with van der Waals surface area (Å²) in [4.78, 5) is 0.181. The molecule has 1 aliphatic rings. The zero-order valence-corrected chi connectivity index (χ0v) is 15.7. The highest BCUT2D eigenvalue weighted by Crippen LogP contribution is 2.36. The van der Waals surface area contributed by atoms with E-state index in [9.17, 15) is 12.8 Å². The zero-order valence-electron chi connectivity index (χ0n) is 14.9. The molecule has 3 aromatic rings. The number of fused-ring (bicyclic) bond motifs is 1. The standard InChI is InChI=1S/C18H18FN5O2S/c1-12-9-16(6-8-17(12)23-11-20-21-22-23)27(25,26)24-13(2)3-4-14-10-15(19)5-7-18(14)24/h5-11,13H,3-4H2,1-2H3/t13-/m0/s1. The highest BCUT2D eigenvalue weighted by atomic mass is 32.2. The quantitative estimate of drug-likeness (QED) is 0.690. The number of halogens is 1. The summed E-state index contributed by atoms with van der Waals surface area (Å²) in [6.07, 6.45) is 2.74. The number of hydrogen-bond donors (Lipinski definition) is 0. The summed E-state index contributed by atoms with van der Waals surface area (Å²) in [6.45, 7) is 3.67. The van der Waals surface area contributed by atoms with Crippen LogP contribution < -0.4 is 4.31 Å². The van der Waals surface area contributed by atoms with Crippen LogP contribution in [0.15, 0.2) is 47.6 Å². The summed E-state index contributed by atoms with van der Waals surface area (Å²) in [5, 5.41) is 11.0. The molecule has 0 saturated heterocycles. The van der Waals surface area contributed by atoms with Crippen LogP contribution in [0.5, 0.6) is 0 Å². The second-order valence-corrected chi connectivity index (χ2v) is 8.48. The molecule has 0 fully saturated rings. The Labute approximate surface area is 156 Å². The van der Waals surface area contributed by atoms with Crippen molar-refractivity contribution in [3.8, 4) is 5.69 Å². The highest BCUT2D eigenvalue weighted by molar-refractivity contribution is 7.92. The Hall–Kier alpha value is -2.81. The van der Waals surface area contributed by atoms with Crippen LogP contribution in [0.25, 0.3) is 5.69 Å². The smallest absolute Gasteiger partial charge is 0.263 e. The van der Waals surface area contributed by atoms with Crippen LogP contribution in [-0.2, 0) is 16.4 Å². The van der Waals surface area contributed by atoms with Crippen molar-refractivity contribution in [1.82, 2.24) is 20.2 Å². The van der Waals surface area contributed by atoms with Gasteiger partial charge in [0.15, 0.2) is 0 Å². The molecule has 1 aliphatic heterocycles. The first-order valence-electron chi connectivity index (χ1n) is 8.55. The third kappa shape index (κ3) is 2.97. The largest absolute Gasteiger partial charge is 0.264 e. The lowest BCUT2D eigenvalue weighted by molar-refractivity contribution is 0.560. The minimum absolute atomic E-state index is 0.181. The molecule has 0 radical (unpaired) electrons. The molecule has 0 bridgehead atoms. The molecule has 0 unspecified atom stereocenters. The molecule has 27 heavy (non-hydrogen) atoms. The molecule has 0 aliphatic carbocycles. The van der Waals surface area contributed by atoms with E-state index in [2.05, 4.69) is 15.5 Å². The lowest BCUT2D eigenvalue weighted by Crippen LogP contribution is -2.42. The van der Waals surface area contributed by atoms with Gasteiger partial charge < -0.3 is 0 Å². The monoisotopic (exact) mass is 387 g/mol. The van der Waals surface area contributed by atoms with Crippen LogP contribution >= 0.6 is 0 Å². The predicted octanol–water partition coefficient (Wildman–Crippen LogP) is 2.64. The fourth-order valence-corrected chi connectivity index (χ4v) is 5.29. The van der Waals surface area contributed by atoms with Gasteiger partial charge in [-0.1, -0.05) is 0 Å². The molecule has 0 N–H and O–H groups in total. The first-order valence-corrected chi connectivity index (χ1v) is 9.99. The van der Waals surface area contributed by atoms with E-state index in [1.165, 1.54) is 27.4 Å². The maximum Gasteiger partial charge on any atom is 0.264 e. The normalized spacial score (nSPS) is 17.0. The maximum absolute atomic E-state index is 13.6. The summed E-state index contributed by atoms with van der Waals surface area (Å²) < 4.78 is 43.2. The number of anilines is 1. The molecule has 9 heteroatoms. The molecule has 140 valence electrons. The van der Waals surface area contributed by atoms with Crippen molar-refractivity contribution in [3.05, 3.63) is 59.7 Å². The maximum atomic E-state index is 13.6. The van der Waals surface area contributed by atoms with Gasteiger partial charge in [0.2, 0.25) is 0 Å². The van der Waals surface area contributed by atoms with Crippen molar-refractivity contribution in [3.63, 3.8) is 0 Å². The fourth-order valence-electron chi connectivity index (χ4n) is 3.49. The summed E-state index contributed by atoms with van der Waals surface area (Å²) >= 11 is 0. The van der Waals surface area contributed by atoms with Gasteiger partial charge in [-0.3, -0.25) is 4.31 Å². The van der Waals surface area contributed by atoms with Gasteiger partial charge in [0.1, 0.15) is 12.1 Å². The average Bonchev–Trinajstić information content (AvgIpc) is 3.15. The fraction of sp³-hybridized carbons (Fsp3) is 0.278. The van der Waals surface area contributed by atoms with Crippen LogP contribution in [0.3, 0.4) is 0 Å². The summed E-state index contributed by atoms with van der Waals surface area (Å²) in [5.74, 6) is -0.359. The number of benzene rings is 2. The predicted molar refractivity (Wildman–Crippen MR) is 97.7 cm³/mol. The van der Waals surface area contributed by atoms with E-state index in [1.807, 2.05) is 6.92 Å². The highest BCUT2D eigenvalue weighted by Gasteiger charge is 2.34. The Kier molecular flexibility index (Phi) is 4.18. The Bertz CT molecular complexity index is 1100. The van der Waals surface area contributed by atoms with E-state index in [-0.39, 0.29) is 16.8 Å². The first kappa shape index (κ1) is 17.6. The van der Waals surface area contributed by atoms with Crippen molar-refractivity contribution in [1.29, 1.82) is 0 Å². The van der Waals surface area contributed by atoms with Crippen molar-refractivity contribution < 1.29 is 12.8 Å². The number of nitrogens with zero attached hydrogens (tertiary/aromatic N) is 5. The molecular weight excluding hydrogens is 369 g/mol. The number of aromatic nitrogens is 4. The lowest BCUT2D eigenvalue weighted by Gasteiger charge is -2.36. The van der Waals surface area contributed by atoms with Crippen molar-refractivity contribution in [2.45, 2.75) is 37.6 Å². The van der Waals surface area contributed by atoms with Gasteiger partial charge in [-0.05, 0) is 84.6 Å². The molecule has 4 rings (SSSR count). The van der Waals surface area contributed by atoms with Gasteiger partial charge in [0.05, 0.1) is 16.3 Å². The van der Waals surface area contributed by atoms with E-state index in [0.717, 1.165) is 5.56 Å². The third-order valence-corrected chi connectivity index (χ3v) is 6.76. The van der Waals surface area contributed by atoms with E-state index < -0.39 is 10.0 Å². The minimum atomic E-state index is -3.80. The van der Waals surface area contributed by atoms with Gasteiger partial charge >= 0.3 is 0 Å². The topological polar surface area (TPSA) is 81.0 Å². The van der Waals surface area contributed by atoms with Gasteiger partial charge in [-0.15, -0.1) is 5.10 Å². The van der Waals surface area contributed by atoms with E-state index in [0.29, 0.717) is 29.8 Å². The van der Waals surface area contributed by atoms with Gasteiger partial charge in [0, 0.05) is 6.04 Å². The Balaban J connectivity index is 1.79. The Morgan fingerprint density at radius 1 is 1.15 bits per heavy atom. The number of tetrazole rings is 1. The molecule has 2 heterocycles. The summed E-state index contributed by atoms with van der Waals surface area (Å²) in [6, 6.07) is 8.87. The molecular formula is C18H18FN5O2S. The number of sulfonamides is 1. The average molecular weight is 387 g/mol. The van der Waals surface area contributed by atoms with Crippen LogP contribution in [0.1, 0.15) is 24.5 Å². The SMILES string of the molecule is Cc1cc(S(=O)(=O)N2c3ccc(F)cc3CC[C@@H]2C)ccc1-n1cnnn1. The van der Waals surface area contributed by atoms with Gasteiger partial charge in [-0.25, -0.2) is 17.5 Å². The van der Waals surface area contributed by atoms with Crippen molar-refractivity contribution in [2.75, 3.05) is 4.31 Å². The number of hydrogen-bond acceptors (Lipinski definition) is 5. The number of rotatable bonds is 3. The van der Waals surface area contributed by atoms with Crippen LogP contribution in [-0.4, -0.2) is 34.7 Å². The van der Waals surface area contributed by atoms with Crippen molar-refractivity contribution in [2.24, 2.45) is 0 Å². The lowest BCUT2D eigenvalue weighted by atomic mass is 9.99. The Morgan fingerprint density at radius 2 is 1.93 bits per heavy atom. The molecule has 0 amide bonds. The molecule has 1 atom stereocenters. The van der Waals surface area contributed by atoms with Crippen LogP contribution in [0.2, 0.25) is 0 Å². The summed E-state index contributed by atoms with van der Waals surface area (Å²) in [7, 11) is -3.80. The van der Waals surface area contributed by atoms with Crippen LogP contribution in [0, 0.1) is 12.7 Å². The number of aryl methyl sites for hydroxylation is 2. The Morgan fingerprint density at radius 3 is 2.63 bits per heavy atom. The molecule has 0 saturated carbocycles. The second kappa shape index (κ2) is 6.41.